The maximum absolute atomic E-state index is 13.4. The molecule has 0 saturated carbocycles. The van der Waals surface area contributed by atoms with Crippen molar-refractivity contribution in [1.29, 1.82) is 0 Å². The molecule has 1 atom stereocenters. The van der Waals surface area contributed by atoms with Crippen LogP contribution in [0.1, 0.15) is 30.7 Å². The van der Waals surface area contributed by atoms with Crippen LogP contribution in [-0.2, 0) is 11.3 Å². The van der Waals surface area contributed by atoms with Crippen LogP contribution in [0.4, 0.5) is 4.39 Å². The van der Waals surface area contributed by atoms with Crippen molar-refractivity contribution in [2.24, 2.45) is 0 Å². The lowest BCUT2D eigenvalue weighted by Gasteiger charge is -2.16. The second-order valence-electron chi connectivity index (χ2n) is 6.72. The topological polar surface area (TPSA) is 68.5 Å². The number of aromatic nitrogens is 2. The summed E-state index contributed by atoms with van der Waals surface area (Å²) in [5.41, 5.74) is 1.53. The van der Waals surface area contributed by atoms with Crippen LogP contribution in [0.3, 0.4) is 0 Å². The normalized spacial score (nSPS) is 16.6. The third-order valence-electron chi connectivity index (χ3n) is 4.68. The predicted octanol–water partition coefficient (Wildman–Crippen LogP) is 3.79. The molecule has 2 aromatic carbocycles. The first-order valence-electron chi connectivity index (χ1n) is 9.21. The van der Waals surface area contributed by atoms with Gasteiger partial charge in [0.05, 0.1) is 6.61 Å². The molecular weight excluding hydrogens is 361 g/mol. The maximum Gasteiger partial charge on any atom is 0.258 e. The summed E-state index contributed by atoms with van der Waals surface area (Å²) in [6.07, 6.45) is 0.327. The van der Waals surface area contributed by atoms with E-state index in [-0.39, 0.29) is 23.5 Å². The SMILES string of the molecule is CCOc1cccc(CN2CC(c3noc(-c4cccc(F)c4)n3)CC2=O)c1. The second kappa shape index (κ2) is 7.80. The summed E-state index contributed by atoms with van der Waals surface area (Å²) in [6, 6.07) is 13.7. The quantitative estimate of drug-likeness (QED) is 0.650. The van der Waals surface area contributed by atoms with Crippen LogP contribution in [0.15, 0.2) is 53.1 Å². The number of amides is 1. The highest BCUT2D eigenvalue weighted by Crippen LogP contribution is 2.29. The molecule has 4 rings (SSSR count). The van der Waals surface area contributed by atoms with Gasteiger partial charge in [-0.1, -0.05) is 23.4 Å². The van der Waals surface area contributed by atoms with Gasteiger partial charge in [-0.15, -0.1) is 0 Å². The maximum atomic E-state index is 13.4. The van der Waals surface area contributed by atoms with Crippen molar-refractivity contribution in [3.8, 4) is 17.2 Å². The third-order valence-corrected chi connectivity index (χ3v) is 4.68. The van der Waals surface area contributed by atoms with Gasteiger partial charge in [-0.2, -0.15) is 4.98 Å². The number of halogens is 1. The zero-order valence-electron chi connectivity index (χ0n) is 15.5. The van der Waals surface area contributed by atoms with Gasteiger partial charge in [0.2, 0.25) is 5.91 Å². The van der Waals surface area contributed by atoms with Crippen molar-refractivity contribution in [3.05, 3.63) is 65.7 Å². The molecule has 0 bridgehead atoms. The molecular formula is C21H20FN3O3. The van der Waals surface area contributed by atoms with Gasteiger partial charge in [0.25, 0.3) is 5.89 Å². The monoisotopic (exact) mass is 381 g/mol. The lowest BCUT2D eigenvalue weighted by Crippen LogP contribution is -2.24. The number of carbonyl (C=O) groups excluding carboxylic acids is 1. The van der Waals surface area contributed by atoms with Crippen LogP contribution in [0.5, 0.6) is 5.75 Å². The zero-order valence-corrected chi connectivity index (χ0v) is 15.5. The van der Waals surface area contributed by atoms with E-state index in [0.29, 0.717) is 37.5 Å². The highest BCUT2D eigenvalue weighted by Gasteiger charge is 2.33. The fourth-order valence-corrected chi connectivity index (χ4v) is 3.36. The molecule has 1 aromatic heterocycles. The summed E-state index contributed by atoms with van der Waals surface area (Å²) >= 11 is 0. The first-order valence-corrected chi connectivity index (χ1v) is 9.21. The summed E-state index contributed by atoms with van der Waals surface area (Å²) in [6.45, 7) is 3.55. The van der Waals surface area contributed by atoms with E-state index in [2.05, 4.69) is 10.1 Å². The number of hydrogen-bond donors (Lipinski definition) is 0. The van der Waals surface area contributed by atoms with Gasteiger partial charge in [-0.3, -0.25) is 4.79 Å². The smallest absolute Gasteiger partial charge is 0.258 e. The fourth-order valence-electron chi connectivity index (χ4n) is 3.36. The molecule has 6 nitrogen and oxygen atoms in total. The summed E-state index contributed by atoms with van der Waals surface area (Å²) in [5, 5.41) is 4.01. The molecule has 28 heavy (non-hydrogen) atoms. The van der Waals surface area contributed by atoms with Gasteiger partial charge in [0.15, 0.2) is 5.82 Å². The van der Waals surface area contributed by atoms with Gasteiger partial charge in [-0.05, 0) is 42.8 Å². The highest BCUT2D eigenvalue weighted by molar-refractivity contribution is 5.79. The number of ether oxygens (including phenoxy) is 1. The molecule has 2 heterocycles. The molecule has 1 unspecified atom stereocenters. The number of hydrogen-bond acceptors (Lipinski definition) is 5. The van der Waals surface area contributed by atoms with E-state index < -0.39 is 0 Å². The van der Waals surface area contributed by atoms with Crippen LogP contribution in [0.2, 0.25) is 0 Å². The van der Waals surface area contributed by atoms with Gasteiger partial charge >= 0.3 is 0 Å². The van der Waals surface area contributed by atoms with Gasteiger partial charge < -0.3 is 14.2 Å². The van der Waals surface area contributed by atoms with Crippen molar-refractivity contribution in [3.63, 3.8) is 0 Å². The largest absolute Gasteiger partial charge is 0.494 e. The average molecular weight is 381 g/mol. The van der Waals surface area contributed by atoms with Gasteiger partial charge in [-0.25, -0.2) is 4.39 Å². The first kappa shape index (κ1) is 18.2. The Bertz CT molecular complexity index is 988. The third kappa shape index (κ3) is 3.88. The van der Waals surface area contributed by atoms with E-state index in [1.54, 1.807) is 17.0 Å². The minimum absolute atomic E-state index is 0.0453. The van der Waals surface area contributed by atoms with Crippen LogP contribution in [0.25, 0.3) is 11.5 Å². The first-order chi connectivity index (χ1) is 13.6. The average Bonchev–Trinajstić information content (AvgIpc) is 3.30. The Morgan fingerprint density at radius 1 is 1.25 bits per heavy atom. The molecule has 1 amide bonds. The van der Waals surface area contributed by atoms with Crippen LogP contribution < -0.4 is 4.74 Å². The Morgan fingerprint density at radius 3 is 2.93 bits per heavy atom. The van der Waals surface area contributed by atoms with Gasteiger partial charge in [0, 0.05) is 31.0 Å². The molecule has 1 aliphatic rings. The van der Waals surface area contributed by atoms with E-state index in [9.17, 15) is 9.18 Å². The van der Waals surface area contributed by atoms with E-state index in [4.69, 9.17) is 9.26 Å². The minimum Gasteiger partial charge on any atom is -0.494 e. The van der Waals surface area contributed by atoms with Crippen molar-refractivity contribution in [2.45, 2.75) is 25.8 Å². The molecule has 7 heteroatoms. The summed E-state index contributed by atoms with van der Waals surface area (Å²) in [5.74, 6) is 1.05. The molecule has 1 aliphatic heterocycles. The summed E-state index contributed by atoms with van der Waals surface area (Å²) < 4.78 is 24.2. The number of benzene rings is 2. The van der Waals surface area contributed by atoms with Gasteiger partial charge in [0.1, 0.15) is 11.6 Å². The molecule has 3 aromatic rings. The Morgan fingerprint density at radius 2 is 2.11 bits per heavy atom. The highest BCUT2D eigenvalue weighted by atomic mass is 19.1. The van der Waals surface area contributed by atoms with E-state index in [1.165, 1.54) is 12.1 Å². The Balaban J connectivity index is 1.46. The Hall–Kier alpha value is -3.22. The molecule has 0 N–H and O–H groups in total. The standard InChI is InChI=1S/C21H20FN3O3/c1-2-27-18-8-3-5-14(9-18)12-25-13-16(11-19(25)26)20-23-21(28-24-20)15-6-4-7-17(22)10-15/h3-10,16H,2,11-13H2,1H3. The zero-order chi connectivity index (χ0) is 19.5. The number of nitrogens with zero attached hydrogens (tertiary/aromatic N) is 3. The number of rotatable bonds is 6. The lowest BCUT2D eigenvalue weighted by atomic mass is 10.1. The molecule has 0 spiro atoms. The van der Waals surface area contributed by atoms with E-state index in [1.807, 2.05) is 31.2 Å². The number of likely N-dealkylation sites (tertiary alicyclic amines) is 1. The summed E-state index contributed by atoms with van der Waals surface area (Å²) in [7, 11) is 0. The molecule has 144 valence electrons. The summed E-state index contributed by atoms with van der Waals surface area (Å²) in [4.78, 5) is 18.6. The van der Waals surface area contributed by atoms with Crippen molar-refractivity contribution in [2.75, 3.05) is 13.2 Å². The number of carbonyl (C=O) groups is 1. The predicted molar refractivity (Wildman–Crippen MR) is 100 cm³/mol. The van der Waals surface area contributed by atoms with Crippen LogP contribution >= 0.6 is 0 Å². The van der Waals surface area contributed by atoms with Crippen molar-refractivity contribution < 1.29 is 18.4 Å². The lowest BCUT2D eigenvalue weighted by molar-refractivity contribution is -0.128. The minimum atomic E-state index is -0.367. The molecule has 0 radical (unpaired) electrons. The molecule has 1 saturated heterocycles. The molecule has 1 fully saturated rings. The van der Waals surface area contributed by atoms with Crippen LogP contribution in [-0.4, -0.2) is 34.1 Å². The second-order valence-corrected chi connectivity index (χ2v) is 6.72. The molecule has 0 aliphatic carbocycles. The van der Waals surface area contributed by atoms with E-state index >= 15 is 0 Å². The van der Waals surface area contributed by atoms with Crippen LogP contribution in [0, 0.1) is 5.82 Å². The van der Waals surface area contributed by atoms with E-state index in [0.717, 1.165) is 11.3 Å². The Kier molecular flexibility index (Phi) is 5.06. The fraction of sp³-hybridized carbons (Fsp3) is 0.286. The van der Waals surface area contributed by atoms with Crippen molar-refractivity contribution in [1.82, 2.24) is 15.0 Å². The van der Waals surface area contributed by atoms with Crippen molar-refractivity contribution >= 4 is 5.91 Å². The Labute approximate surface area is 161 Å².